The number of aryl methyl sites for hydroxylation is 1. The monoisotopic (exact) mass is 292 g/mol. The minimum absolute atomic E-state index is 0.0328. The quantitative estimate of drug-likeness (QED) is 0.825. The molecule has 0 aromatic carbocycles. The number of carbonyl (C=O) groups is 1. The van der Waals surface area contributed by atoms with Gasteiger partial charge in [0.25, 0.3) is 0 Å². The third kappa shape index (κ3) is 4.28. The molecule has 0 bridgehead atoms. The zero-order chi connectivity index (χ0) is 14.7. The number of carbonyl (C=O) groups excluding carboxylic acids is 1. The fourth-order valence-corrected chi connectivity index (χ4v) is 2.65. The van der Waals surface area contributed by atoms with E-state index >= 15 is 0 Å². The first kappa shape index (κ1) is 14.5. The Kier molecular flexibility index (Phi) is 4.55. The van der Waals surface area contributed by atoms with E-state index in [0.29, 0.717) is 32.8 Å². The highest BCUT2D eigenvalue weighted by atomic mass is 16.5. The maximum atomic E-state index is 12.2. The van der Waals surface area contributed by atoms with Gasteiger partial charge in [0.15, 0.2) is 0 Å². The highest BCUT2D eigenvalue weighted by molar-refractivity contribution is 5.78. The molecule has 0 spiro atoms. The van der Waals surface area contributed by atoms with Gasteiger partial charge in [0.05, 0.1) is 32.0 Å². The summed E-state index contributed by atoms with van der Waals surface area (Å²) >= 11 is 0. The molecule has 0 radical (unpaired) electrons. The molecule has 6 heteroatoms. The van der Waals surface area contributed by atoms with Crippen LogP contribution < -0.4 is 5.32 Å². The van der Waals surface area contributed by atoms with E-state index in [1.54, 1.807) is 0 Å². The predicted octanol–water partition coefficient (Wildman–Crippen LogP) is 0.419. The summed E-state index contributed by atoms with van der Waals surface area (Å²) in [4.78, 5) is 14.1. The molecular weight excluding hydrogens is 268 g/mol. The Morgan fingerprint density at radius 3 is 3.10 bits per heavy atom. The van der Waals surface area contributed by atoms with Gasteiger partial charge in [-0.2, -0.15) is 5.10 Å². The number of hydrogen-bond acceptors (Lipinski definition) is 4. The second-order valence-electron chi connectivity index (χ2n) is 6.15. The van der Waals surface area contributed by atoms with Gasteiger partial charge in [-0.05, 0) is 37.8 Å². The van der Waals surface area contributed by atoms with Crippen molar-refractivity contribution in [3.8, 4) is 0 Å². The van der Waals surface area contributed by atoms with Gasteiger partial charge in [0.2, 0.25) is 5.91 Å². The summed E-state index contributed by atoms with van der Waals surface area (Å²) in [7, 11) is 0. The fraction of sp³-hybridized carbons (Fsp3) is 0.733. The van der Waals surface area contributed by atoms with Gasteiger partial charge in [-0.3, -0.25) is 9.48 Å². The molecule has 1 aromatic rings. The minimum Gasteiger partial charge on any atom is -0.373 e. The van der Waals surface area contributed by atoms with Crippen molar-refractivity contribution in [2.45, 2.75) is 32.4 Å². The van der Waals surface area contributed by atoms with Gasteiger partial charge in [0.1, 0.15) is 0 Å². The topological polar surface area (TPSA) is 59.4 Å². The first-order chi connectivity index (χ1) is 10.2. The Labute approximate surface area is 125 Å². The van der Waals surface area contributed by atoms with Gasteiger partial charge in [-0.1, -0.05) is 0 Å². The summed E-state index contributed by atoms with van der Waals surface area (Å²) in [6.07, 6.45) is 6.49. The van der Waals surface area contributed by atoms with Crippen LogP contribution in [0.1, 0.15) is 18.4 Å². The first-order valence-corrected chi connectivity index (χ1v) is 7.80. The number of hydrogen-bond donors (Lipinski definition) is 1. The molecule has 116 valence electrons. The Morgan fingerprint density at radius 1 is 1.52 bits per heavy atom. The number of amides is 1. The zero-order valence-electron chi connectivity index (χ0n) is 12.6. The molecule has 2 heterocycles. The van der Waals surface area contributed by atoms with Gasteiger partial charge in [-0.25, -0.2) is 0 Å². The standard InChI is InChI=1S/C15H24N4O2/c1-12-6-17-19(9-12)11-14-10-18(4-5-21-14)15(20)8-16-7-13-2-3-13/h6,9,13-14,16H,2-5,7-8,10-11H2,1H3. The molecule has 1 saturated carbocycles. The molecule has 1 unspecified atom stereocenters. The van der Waals surface area contributed by atoms with E-state index in [0.717, 1.165) is 18.0 Å². The highest BCUT2D eigenvalue weighted by Crippen LogP contribution is 2.27. The molecular formula is C15H24N4O2. The lowest BCUT2D eigenvalue weighted by molar-refractivity contribution is -0.138. The van der Waals surface area contributed by atoms with E-state index in [1.807, 2.05) is 28.9 Å². The molecule has 21 heavy (non-hydrogen) atoms. The SMILES string of the molecule is Cc1cnn(CC2CN(C(=O)CNCC3CC3)CCO2)c1. The lowest BCUT2D eigenvalue weighted by atomic mass is 10.2. The van der Waals surface area contributed by atoms with Crippen molar-refractivity contribution in [1.82, 2.24) is 20.0 Å². The number of nitrogens with one attached hydrogen (secondary N) is 1. The van der Waals surface area contributed by atoms with Crippen LogP contribution in [0.3, 0.4) is 0 Å². The van der Waals surface area contributed by atoms with E-state index in [2.05, 4.69) is 10.4 Å². The molecule has 1 aromatic heterocycles. The molecule has 2 aliphatic rings. The Bertz CT molecular complexity index is 484. The highest BCUT2D eigenvalue weighted by Gasteiger charge is 2.25. The largest absolute Gasteiger partial charge is 0.373 e. The second kappa shape index (κ2) is 6.58. The maximum absolute atomic E-state index is 12.2. The third-order valence-corrected chi connectivity index (χ3v) is 4.05. The first-order valence-electron chi connectivity index (χ1n) is 7.80. The number of nitrogens with zero attached hydrogens (tertiary/aromatic N) is 3. The molecule has 1 atom stereocenters. The molecule has 2 fully saturated rings. The van der Waals surface area contributed by atoms with Crippen molar-refractivity contribution in [3.63, 3.8) is 0 Å². The van der Waals surface area contributed by atoms with Crippen LogP contribution in [0.15, 0.2) is 12.4 Å². The summed E-state index contributed by atoms with van der Waals surface area (Å²) < 4.78 is 7.64. The van der Waals surface area contributed by atoms with Crippen LogP contribution in [-0.2, 0) is 16.1 Å². The molecule has 1 amide bonds. The minimum atomic E-state index is 0.0328. The van der Waals surface area contributed by atoms with Crippen molar-refractivity contribution < 1.29 is 9.53 Å². The average molecular weight is 292 g/mol. The smallest absolute Gasteiger partial charge is 0.236 e. The van der Waals surface area contributed by atoms with Crippen molar-refractivity contribution in [1.29, 1.82) is 0 Å². The molecule has 1 aliphatic heterocycles. The van der Waals surface area contributed by atoms with E-state index in [1.165, 1.54) is 12.8 Å². The fourth-order valence-electron chi connectivity index (χ4n) is 2.65. The van der Waals surface area contributed by atoms with Crippen molar-refractivity contribution in [2.24, 2.45) is 5.92 Å². The van der Waals surface area contributed by atoms with Gasteiger partial charge < -0.3 is 15.0 Å². The van der Waals surface area contributed by atoms with E-state index in [-0.39, 0.29) is 12.0 Å². The van der Waals surface area contributed by atoms with Crippen LogP contribution in [0.25, 0.3) is 0 Å². The lowest BCUT2D eigenvalue weighted by Crippen LogP contribution is -2.49. The van der Waals surface area contributed by atoms with Crippen LogP contribution in [0.5, 0.6) is 0 Å². The van der Waals surface area contributed by atoms with Crippen LogP contribution in [0.4, 0.5) is 0 Å². The van der Waals surface area contributed by atoms with Gasteiger partial charge >= 0.3 is 0 Å². The van der Waals surface area contributed by atoms with Gasteiger partial charge in [-0.15, -0.1) is 0 Å². The molecule has 1 saturated heterocycles. The third-order valence-electron chi connectivity index (χ3n) is 4.05. The zero-order valence-corrected chi connectivity index (χ0v) is 12.6. The van der Waals surface area contributed by atoms with Crippen molar-refractivity contribution in [2.75, 3.05) is 32.8 Å². The Balaban J connectivity index is 1.44. The number of ether oxygens (including phenoxy) is 1. The van der Waals surface area contributed by atoms with Crippen molar-refractivity contribution in [3.05, 3.63) is 18.0 Å². The molecule has 1 N–H and O–H groups in total. The van der Waals surface area contributed by atoms with Crippen molar-refractivity contribution >= 4 is 5.91 Å². The normalized spacial score (nSPS) is 22.5. The average Bonchev–Trinajstić information content (AvgIpc) is 3.21. The van der Waals surface area contributed by atoms with E-state index in [9.17, 15) is 4.79 Å². The summed E-state index contributed by atoms with van der Waals surface area (Å²) in [5.74, 6) is 0.985. The molecule has 6 nitrogen and oxygen atoms in total. The predicted molar refractivity (Wildman–Crippen MR) is 78.9 cm³/mol. The maximum Gasteiger partial charge on any atom is 0.236 e. The summed E-state index contributed by atoms with van der Waals surface area (Å²) in [6.45, 7) is 6.11. The lowest BCUT2D eigenvalue weighted by Gasteiger charge is -2.33. The van der Waals surface area contributed by atoms with Crippen LogP contribution in [0, 0.1) is 12.8 Å². The molecule has 3 rings (SSSR count). The second-order valence-corrected chi connectivity index (χ2v) is 6.15. The number of morpholine rings is 1. The Hall–Kier alpha value is -1.40. The summed E-state index contributed by atoms with van der Waals surface area (Å²) in [5.41, 5.74) is 1.14. The van der Waals surface area contributed by atoms with Crippen LogP contribution in [0.2, 0.25) is 0 Å². The summed E-state index contributed by atoms with van der Waals surface area (Å²) in [5, 5.41) is 7.54. The van der Waals surface area contributed by atoms with Crippen LogP contribution >= 0.6 is 0 Å². The Morgan fingerprint density at radius 2 is 2.38 bits per heavy atom. The molecule has 1 aliphatic carbocycles. The van der Waals surface area contributed by atoms with E-state index in [4.69, 9.17) is 4.74 Å². The summed E-state index contributed by atoms with van der Waals surface area (Å²) in [6, 6.07) is 0. The van der Waals surface area contributed by atoms with E-state index < -0.39 is 0 Å². The van der Waals surface area contributed by atoms with Crippen LogP contribution in [-0.4, -0.2) is 59.5 Å². The number of rotatable bonds is 6. The number of aromatic nitrogens is 2. The van der Waals surface area contributed by atoms with Gasteiger partial charge in [0, 0.05) is 19.3 Å².